The quantitative estimate of drug-likeness (QED) is 0.866. The Kier molecular flexibility index (Phi) is 5.22. The Morgan fingerprint density at radius 3 is 2.70 bits per heavy atom. The highest BCUT2D eigenvalue weighted by atomic mass is 32.1. The number of hydrogen-bond acceptors (Lipinski definition) is 3. The molecule has 20 heavy (non-hydrogen) atoms. The van der Waals surface area contributed by atoms with Gasteiger partial charge in [0.25, 0.3) is 0 Å². The first-order valence-corrected chi connectivity index (χ1v) is 8.59. The van der Waals surface area contributed by atoms with Gasteiger partial charge >= 0.3 is 0 Å². The van der Waals surface area contributed by atoms with E-state index in [1.54, 1.807) is 11.3 Å². The molecule has 0 spiro atoms. The SMILES string of the molecule is CCCC1NC(c2ccsc2)N(C(C)CC(C)C)C1=O. The van der Waals surface area contributed by atoms with Crippen LogP contribution >= 0.6 is 11.3 Å². The van der Waals surface area contributed by atoms with Crippen molar-refractivity contribution in [3.63, 3.8) is 0 Å². The summed E-state index contributed by atoms with van der Waals surface area (Å²) in [6.07, 6.45) is 3.06. The molecule has 1 N–H and O–H groups in total. The van der Waals surface area contributed by atoms with Crippen molar-refractivity contribution >= 4 is 17.2 Å². The van der Waals surface area contributed by atoms with Crippen molar-refractivity contribution in [2.45, 2.75) is 65.2 Å². The van der Waals surface area contributed by atoms with Crippen LogP contribution in [-0.2, 0) is 4.79 Å². The van der Waals surface area contributed by atoms with Crippen LogP contribution in [0.25, 0.3) is 0 Å². The van der Waals surface area contributed by atoms with E-state index in [1.807, 2.05) is 0 Å². The number of carbonyl (C=O) groups excluding carboxylic acids is 1. The predicted molar refractivity (Wildman–Crippen MR) is 84.7 cm³/mol. The second-order valence-corrected chi connectivity index (χ2v) is 6.97. The molecule has 1 aliphatic heterocycles. The zero-order valence-corrected chi connectivity index (χ0v) is 13.7. The summed E-state index contributed by atoms with van der Waals surface area (Å²) >= 11 is 1.69. The van der Waals surface area contributed by atoms with Gasteiger partial charge in [0.2, 0.25) is 5.91 Å². The van der Waals surface area contributed by atoms with Gasteiger partial charge in [0.1, 0.15) is 6.17 Å². The van der Waals surface area contributed by atoms with Crippen LogP contribution in [0.15, 0.2) is 16.8 Å². The molecule has 1 aromatic rings. The third kappa shape index (κ3) is 3.23. The van der Waals surface area contributed by atoms with Crippen LogP contribution in [-0.4, -0.2) is 22.9 Å². The van der Waals surface area contributed by atoms with Crippen LogP contribution in [0.2, 0.25) is 0 Å². The zero-order chi connectivity index (χ0) is 14.7. The number of rotatable bonds is 6. The molecule has 0 bridgehead atoms. The zero-order valence-electron chi connectivity index (χ0n) is 12.9. The maximum atomic E-state index is 12.7. The number of amides is 1. The normalized spacial score (nSPS) is 24.6. The molecule has 1 saturated heterocycles. The number of nitrogens with one attached hydrogen (secondary N) is 1. The van der Waals surface area contributed by atoms with E-state index in [4.69, 9.17) is 0 Å². The van der Waals surface area contributed by atoms with E-state index < -0.39 is 0 Å². The highest BCUT2D eigenvalue weighted by Gasteiger charge is 2.41. The summed E-state index contributed by atoms with van der Waals surface area (Å²) in [6.45, 7) is 8.74. The van der Waals surface area contributed by atoms with Gasteiger partial charge in [-0.3, -0.25) is 10.1 Å². The minimum Gasteiger partial charge on any atom is -0.319 e. The van der Waals surface area contributed by atoms with Crippen molar-refractivity contribution in [1.82, 2.24) is 10.2 Å². The molecule has 3 nitrogen and oxygen atoms in total. The minimum atomic E-state index is -0.0143. The van der Waals surface area contributed by atoms with Crippen molar-refractivity contribution in [2.75, 3.05) is 0 Å². The van der Waals surface area contributed by atoms with E-state index in [1.165, 1.54) is 5.56 Å². The molecule has 0 aromatic carbocycles. The molecule has 1 amide bonds. The molecular formula is C16H26N2OS. The first kappa shape index (κ1) is 15.5. The molecule has 1 aliphatic rings. The van der Waals surface area contributed by atoms with E-state index in [0.717, 1.165) is 19.3 Å². The van der Waals surface area contributed by atoms with Gasteiger partial charge in [-0.25, -0.2) is 0 Å². The van der Waals surface area contributed by atoms with E-state index in [-0.39, 0.29) is 24.2 Å². The van der Waals surface area contributed by atoms with E-state index in [9.17, 15) is 4.79 Å². The van der Waals surface area contributed by atoms with Crippen molar-refractivity contribution in [2.24, 2.45) is 5.92 Å². The van der Waals surface area contributed by atoms with Crippen LogP contribution in [0.3, 0.4) is 0 Å². The maximum absolute atomic E-state index is 12.7. The Bertz CT molecular complexity index is 430. The third-order valence-electron chi connectivity index (χ3n) is 3.91. The summed E-state index contributed by atoms with van der Waals surface area (Å²) in [5.41, 5.74) is 1.22. The lowest BCUT2D eigenvalue weighted by Crippen LogP contribution is -2.39. The molecule has 1 aromatic heterocycles. The van der Waals surface area contributed by atoms with Gasteiger partial charge in [-0.1, -0.05) is 27.2 Å². The van der Waals surface area contributed by atoms with Gasteiger partial charge in [0.15, 0.2) is 0 Å². The molecule has 0 aliphatic carbocycles. The fourth-order valence-electron chi connectivity index (χ4n) is 3.10. The first-order valence-electron chi connectivity index (χ1n) is 7.64. The second kappa shape index (κ2) is 6.72. The van der Waals surface area contributed by atoms with Gasteiger partial charge in [-0.2, -0.15) is 11.3 Å². The number of nitrogens with zero attached hydrogens (tertiary/aromatic N) is 1. The molecule has 3 atom stereocenters. The van der Waals surface area contributed by atoms with E-state index >= 15 is 0 Å². The van der Waals surface area contributed by atoms with Crippen molar-refractivity contribution in [1.29, 1.82) is 0 Å². The monoisotopic (exact) mass is 294 g/mol. The Balaban J connectivity index is 2.21. The average molecular weight is 294 g/mol. The van der Waals surface area contributed by atoms with Gasteiger partial charge in [-0.05, 0) is 48.1 Å². The second-order valence-electron chi connectivity index (χ2n) is 6.19. The van der Waals surface area contributed by atoms with Gasteiger partial charge in [0.05, 0.1) is 6.04 Å². The lowest BCUT2D eigenvalue weighted by atomic mass is 10.0. The van der Waals surface area contributed by atoms with Crippen molar-refractivity contribution in [3.05, 3.63) is 22.4 Å². The molecule has 4 heteroatoms. The van der Waals surface area contributed by atoms with Crippen LogP contribution < -0.4 is 5.32 Å². The highest BCUT2D eigenvalue weighted by Crippen LogP contribution is 2.31. The summed E-state index contributed by atoms with van der Waals surface area (Å²) in [7, 11) is 0. The Labute approximate surface area is 126 Å². The summed E-state index contributed by atoms with van der Waals surface area (Å²) < 4.78 is 0. The maximum Gasteiger partial charge on any atom is 0.241 e. The molecule has 0 radical (unpaired) electrons. The summed E-state index contributed by atoms with van der Waals surface area (Å²) in [5, 5.41) is 7.76. The highest BCUT2D eigenvalue weighted by molar-refractivity contribution is 7.07. The Hall–Kier alpha value is -0.870. The van der Waals surface area contributed by atoms with Gasteiger partial charge < -0.3 is 4.90 Å². The Morgan fingerprint density at radius 2 is 2.15 bits per heavy atom. The summed E-state index contributed by atoms with van der Waals surface area (Å²) in [4.78, 5) is 14.8. The van der Waals surface area contributed by atoms with Crippen molar-refractivity contribution in [3.8, 4) is 0 Å². The molecule has 2 heterocycles. The molecule has 1 fully saturated rings. The van der Waals surface area contributed by atoms with Crippen LogP contribution in [0.4, 0.5) is 0 Å². The first-order chi connectivity index (χ1) is 9.54. The van der Waals surface area contributed by atoms with Crippen molar-refractivity contribution < 1.29 is 4.79 Å². The topological polar surface area (TPSA) is 32.3 Å². The van der Waals surface area contributed by atoms with E-state index in [0.29, 0.717) is 5.92 Å². The molecule has 0 saturated carbocycles. The lowest BCUT2D eigenvalue weighted by molar-refractivity contribution is -0.132. The standard InChI is InChI=1S/C16H26N2OS/c1-5-6-14-16(19)18(12(4)9-11(2)3)15(17-14)13-7-8-20-10-13/h7-8,10-12,14-15,17H,5-6,9H2,1-4H3. The summed E-state index contributed by atoms with van der Waals surface area (Å²) in [6, 6.07) is 2.39. The fourth-order valence-corrected chi connectivity index (χ4v) is 3.78. The largest absolute Gasteiger partial charge is 0.319 e. The number of hydrogen-bond donors (Lipinski definition) is 1. The molecule has 112 valence electrons. The van der Waals surface area contributed by atoms with Gasteiger partial charge in [-0.15, -0.1) is 0 Å². The fraction of sp³-hybridized carbons (Fsp3) is 0.688. The molecule has 2 rings (SSSR count). The van der Waals surface area contributed by atoms with Crippen LogP contribution in [0.5, 0.6) is 0 Å². The molecular weight excluding hydrogens is 268 g/mol. The lowest BCUT2D eigenvalue weighted by Gasteiger charge is -2.31. The van der Waals surface area contributed by atoms with E-state index in [2.05, 4.69) is 54.7 Å². The number of carbonyl (C=O) groups is 1. The summed E-state index contributed by atoms with van der Waals surface area (Å²) in [5.74, 6) is 0.877. The third-order valence-corrected chi connectivity index (χ3v) is 4.61. The van der Waals surface area contributed by atoms with Crippen LogP contribution in [0.1, 0.15) is 58.7 Å². The predicted octanol–water partition coefficient (Wildman–Crippen LogP) is 3.78. The van der Waals surface area contributed by atoms with Gasteiger partial charge in [0, 0.05) is 6.04 Å². The van der Waals surface area contributed by atoms with Crippen LogP contribution in [0, 0.1) is 5.92 Å². The molecule has 3 unspecified atom stereocenters. The number of thiophene rings is 1. The average Bonchev–Trinajstić information content (AvgIpc) is 2.97. The Morgan fingerprint density at radius 1 is 1.40 bits per heavy atom. The minimum absolute atomic E-state index is 0.0143. The smallest absolute Gasteiger partial charge is 0.241 e.